The molecule has 0 bridgehead atoms. The summed E-state index contributed by atoms with van der Waals surface area (Å²) in [7, 11) is -3.69. The van der Waals surface area contributed by atoms with E-state index in [1.807, 2.05) is 13.8 Å². The van der Waals surface area contributed by atoms with E-state index in [-0.39, 0.29) is 0 Å². The number of hydrogen-bond donors (Lipinski definition) is 1. The van der Waals surface area contributed by atoms with E-state index in [0.29, 0.717) is 29.4 Å². The molecular formula is C25H27N3O6S. The lowest BCUT2D eigenvalue weighted by molar-refractivity contribution is -0.119. The van der Waals surface area contributed by atoms with Crippen molar-refractivity contribution < 1.29 is 27.2 Å². The summed E-state index contributed by atoms with van der Waals surface area (Å²) in [5, 5.41) is 3.87. The highest BCUT2D eigenvalue weighted by molar-refractivity contribution is 7.92. The third kappa shape index (κ3) is 6.80. The quantitative estimate of drug-likeness (QED) is 0.274. The fraction of sp³-hybridized carbons (Fsp3) is 0.240. The normalized spacial score (nSPS) is 11.4. The van der Waals surface area contributed by atoms with Crippen LogP contribution in [0.3, 0.4) is 0 Å². The number of rotatable bonds is 9. The summed E-state index contributed by atoms with van der Waals surface area (Å²) < 4.78 is 36.2. The van der Waals surface area contributed by atoms with Gasteiger partial charge in [-0.15, -0.1) is 0 Å². The number of carbonyl (C=O) groups excluding carboxylic acids is 2. The molecule has 0 fully saturated rings. The lowest BCUT2D eigenvalue weighted by Gasteiger charge is -2.22. The van der Waals surface area contributed by atoms with Gasteiger partial charge in [0.25, 0.3) is 5.91 Å². The number of carbonyl (C=O) groups is 2. The molecule has 1 N–H and O–H groups in total. The van der Waals surface area contributed by atoms with Gasteiger partial charge in [-0.1, -0.05) is 18.2 Å². The van der Waals surface area contributed by atoms with Gasteiger partial charge in [0.15, 0.2) is 0 Å². The van der Waals surface area contributed by atoms with Gasteiger partial charge >= 0.3 is 5.97 Å². The fourth-order valence-electron chi connectivity index (χ4n) is 3.18. The first-order chi connectivity index (χ1) is 16.6. The van der Waals surface area contributed by atoms with Crippen LogP contribution in [0.15, 0.2) is 64.1 Å². The Balaban J connectivity index is 1.63. The molecule has 3 aromatic rings. The van der Waals surface area contributed by atoms with E-state index in [0.717, 1.165) is 27.3 Å². The van der Waals surface area contributed by atoms with Crippen LogP contribution in [0.1, 0.15) is 34.2 Å². The zero-order chi connectivity index (χ0) is 25.6. The molecule has 184 valence electrons. The van der Waals surface area contributed by atoms with Crippen molar-refractivity contribution >= 4 is 33.8 Å². The lowest BCUT2D eigenvalue weighted by atomic mass is 10.1. The number of aryl methyl sites for hydroxylation is 2. The Labute approximate surface area is 204 Å². The van der Waals surface area contributed by atoms with Gasteiger partial charge in [0, 0.05) is 5.56 Å². The number of anilines is 1. The molecule has 9 nitrogen and oxygen atoms in total. The van der Waals surface area contributed by atoms with Crippen LogP contribution in [0, 0.1) is 13.8 Å². The molecule has 0 unspecified atom stereocenters. The maximum absolute atomic E-state index is 12.4. The average Bonchev–Trinajstić information content (AvgIpc) is 3.28. The standard InChI is InChI=1S/C25H27N3O6S/c1-5-33-25(30)20-9-7-19(8-10-20)23-13-12-22(34-23)15-26-27-24(29)16-28(35(4,31)32)21-11-6-17(2)18(3)14-21/h6-15H,5,16H2,1-4H3,(H,27,29)/b26-15-. The predicted molar refractivity (Wildman–Crippen MR) is 134 cm³/mol. The number of nitrogens with one attached hydrogen (secondary N) is 1. The highest BCUT2D eigenvalue weighted by atomic mass is 32.2. The Hall–Kier alpha value is -3.92. The topological polar surface area (TPSA) is 118 Å². The molecule has 1 heterocycles. The van der Waals surface area contributed by atoms with Gasteiger partial charge in [-0.25, -0.2) is 18.6 Å². The van der Waals surface area contributed by atoms with Gasteiger partial charge in [0.1, 0.15) is 18.1 Å². The number of ether oxygens (including phenoxy) is 1. The Morgan fingerprint density at radius 2 is 1.77 bits per heavy atom. The predicted octanol–water partition coefficient (Wildman–Crippen LogP) is 3.66. The second-order valence-corrected chi connectivity index (χ2v) is 9.74. The van der Waals surface area contributed by atoms with Gasteiger partial charge < -0.3 is 9.15 Å². The summed E-state index contributed by atoms with van der Waals surface area (Å²) in [6.07, 6.45) is 2.36. The summed E-state index contributed by atoms with van der Waals surface area (Å²) in [5.74, 6) is -0.0738. The number of esters is 1. The highest BCUT2D eigenvalue weighted by Gasteiger charge is 2.21. The molecule has 0 radical (unpaired) electrons. The van der Waals surface area contributed by atoms with Crippen molar-refractivity contribution in [1.29, 1.82) is 0 Å². The van der Waals surface area contributed by atoms with Crippen LogP contribution in [0.2, 0.25) is 0 Å². The molecule has 0 spiro atoms. The smallest absolute Gasteiger partial charge is 0.338 e. The summed E-state index contributed by atoms with van der Waals surface area (Å²) in [5.41, 5.74) is 5.85. The molecule has 0 atom stereocenters. The molecular weight excluding hydrogens is 470 g/mol. The maximum Gasteiger partial charge on any atom is 0.338 e. The number of hydrogen-bond acceptors (Lipinski definition) is 7. The molecule has 3 rings (SSSR count). The molecule has 0 saturated heterocycles. The molecule has 0 aliphatic heterocycles. The van der Waals surface area contributed by atoms with Crippen LogP contribution in [0.25, 0.3) is 11.3 Å². The monoisotopic (exact) mass is 497 g/mol. The van der Waals surface area contributed by atoms with Gasteiger partial charge in [-0.2, -0.15) is 5.10 Å². The number of nitrogens with zero attached hydrogens (tertiary/aromatic N) is 2. The molecule has 2 aromatic carbocycles. The summed E-state index contributed by atoms with van der Waals surface area (Å²) >= 11 is 0. The molecule has 10 heteroatoms. The van der Waals surface area contributed by atoms with E-state index < -0.39 is 28.4 Å². The second-order valence-electron chi connectivity index (χ2n) is 7.83. The van der Waals surface area contributed by atoms with Crippen molar-refractivity contribution in [2.75, 3.05) is 23.7 Å². The Morgan fingerprint density at radius 1 is 1.06 bits per heavy atom. The van der Waals surface area contributed by atoms with Crippen molar-refractivity contribution in [3.8, 4) is 11.3 Å². The largest absolute Gasteiger partial charge is 0.462 e. The molecule has 0 aliphatic carbocycles. The number of furan rings is 1. The Morgan fingerprint density at radius 3 is 2.40 bits per heavy atom. The van der Waals surface area contributed by atoms with E-state index in [4.69, 9.17) is 9.15 Å². The zero-order valence-corrected chi connectivity index (χ0v) is 20.8. The number of hydrazone groups is 1. The van der Waals surface area contributed by atoms with E-state index in [2.05, 4.69) is 10.5 Å². The first kappa shape index (κ1) is 25.7. The van der Waals surface area contributed by atoms with E-state index in [1.54, 1.807) is 61.5 Å². The van der Waals surface area contributed by atoms with Crippen LogP contribution >= 0.6 is 0 Å². The molecule has 0 aliphatic rings. The van der Waals surface area contributed by atoms with Crippen LogP contribution < -0.4 is 9.73 Å². The van der Waals surface area contributed by atoms with E-state index in [1.165, 1.54) is 6.21 Å². The van der Waals surface area contributed by atoms with E-state index >= 15 is 0 Å². The molecule has 0 saturated carbocycles. The maximum atomic E-state index is 12.4. The third-order valence-electron chi connectivity index (χ3n) is 5.15. The van der Waals surface area contributed by atoms with E-state index in [9.17, 15) is 18.0 Å². The second kappa shape index (κ2) is 11.0. The molecule has 1 aromatic heterocycles. The third-order valence-corrected chi connectivity index (χ3v) is 6.29. The van der Waals surface area contributed by atoms with Crippen molar-refractivity contribution in [3.05, 3.63) is 77.0 Å². The first-order valence-corrected chi connectivity index (χ1v) is 12.7. The minimum Gasteiger partial charge on any atom is -0.462 e. The van der Waals surface area contributed by atoms with Gasteiger partial charge in [0.05, 0.1) is 30.3 Å². The Kier molecular flexibility index (Phi) is 8.08. The van der Waals surface area contributed by atoms with Gasteiger partial charge in [0.2, 0.25) is 10.0 Å². The SMILES string of the molecule is CCOC(=O)c1ccc(-c2ccc(/C=N\NC(=O)CN(c3ccc(C)c(C)c3)S(C)(=O)=O)o2)cc1. The van der Waals surface area contributed by atoms with Crippen molar-refractivity contribution in [2.24, 2.45) is 5.10 Å². The molecule has 35 heavy (non-hydrogen) atoms. The highest BCUT2D eigenvalue weighted by Crippen LogP contribution is 2.23. The van der Waals surface area contributed by atoms with Crippen LogP contribution in [0.4, 0.5) is 5.69 Å². The summed E-state index contributed by atoms with van der Waals surface area (Å²) in [6, 6.07) is 15.3. The van der Waals surface area contributed by atoms with Crippen LogP contribution in [-0.4, -0.2) is 45.9 Å². The number of sulfonamides is 1. The van der Waals surface area contributed by atoms with Gasteiger partial charge in [-0.05, 0) is 68.3 Å². The zero-order valence-electron chi connectivity index (χ0n) is 19.9. The molecule has 1 amide bonds. The number of benzene rings is 2. The fourth-order valence-corrected chi connectivity index (χ4v) is 4.03. The minimum absolute atomic E-state index is 0.302. The van der Waals surface area contributed by atoms with Crippen LogP contribution in [-0.2, 0) is 19.6 Å². The Bertz CT molecular complexity index is 1340. The summed E-state index contributed by atoms with van der Waals surface area (Å²) in [6.45, 7) is 5.41. The lowest BCUT2D eigenvalue weighted by Crippen LogP contribution is -2.39. The van der Waals surface area contributed by atoms with Gasteiger partial charge in [-0.3, -0.25) is 9.10 Å². The van der Waals surface area contributed by atoms with Crippen LogP contribution in [0.5, 0.6) is 0 Å². The summed E-state index contributed by atoms with van der Waals surface area (Å²) in [4.78, 5) is 24.1. The minimum atomic E-state index is -3.69. The average molecular weight is 498 g/mol. The number of amides is 1. The van der Waals surface area contributed by atoms with Crippen molar-refractivity contribution in [1.82, 2.24) is 5.43 Å². The van der Waals surface area contributed by atoms with Crippen molar-refractivity contribution in [2.45, 2.75) is 20.8 Å². The first-order valence-electron chi connectivity index (χ1n) is 10.8. The van der Waals surface area contributed by atoms with Crippen molar-refractivity contribution in [3.63, 3.8) is 0 Å².